The van der Waals surface area contributed by atoms with Gasteiger partial charge in [-0.05, 0) is 98.1 Å². The molecule has 1 aliphatic rings. The molecule has 1 aliphatic carbocycles. The highest BCUT2D eigenvalue weighted by molar-refractivity contribution is 5.95. The summed E-state index contributed by atoms with van der Waals surface area (Å²) in [6.45, 7) is 0. The second kappa shape index (κ2) is 13.5. The molecule has 0 aliphatic heterocycles. The van der Waals surface area contributed by atoms with Gasteiger partial charge in [0, 0.05) is 53.9 Å². The van der Waals surface area contributed by atoms with E-state index in [9.17, 15) is 0 Å². The van der Waals surface area contributed by atoms with E-state index < -0.39 is 5.41 Å². The molecular weight excluding hydrogens is 673 g/mol. The second-order valence-electron chi connectivity index (χ2n) is 13.6. The van der Waals surface area contributed by atoms with Crippen molar-refractivity contribution < 1.29 is 0 Å². The Kier molecular flexibility index (Phi) is 7.92. The van der Waals surface area contributed by atoms with Gasteiger partial charge in [-0.2, -0.15) is 0 Å². The molecule has 6 nitrogen and oxygen atoms in total. The van der Waals surface area contributed by atoms with Gasteiger partial charge >= 0.3 is 0 Å². The molecule has 0 saturated heterocycles. The summed E-state index contributed by atoms with van der Waals surface area (Å²) in [5.41, 5.74) is 14.1. The molecule has 1 unspecified atom stereocenters. The van der Waals surface area contributed by atoms with E-state index in [1.54, 1.807) is 24.8 Å². The second-order valence-corrected chi connectivity index (χ2v) is 13.6. The Morgan fingerprint density at radius 2 is 0.873 bits per heavy atom. The Hall–Kier alpha value is -7.44. The third kappa shape index (κ3) is 5.51. The van der Waals surface area contributed by atoms with Gasteiger partial charge in [-0.1, -0.05) is 115 Å². The highest BCUT2D eigenvalue weighted by Crippen LogP contribution is 2.58. The van der Waals surface area contributed by atoms with Crippen molar-refractivity contribution in [1.82, 2.24) is 29.9 Å². The number of benzene rings is 5. The number of nitrogens with zero attached hydrogens (tertiary/aromatic N) is 6. The van der Waals surface area contributed by atoms with Crippen molar-refractivity contribution in [2.75, 3.05) is 0 Å². The zero-order valence-corrected chi connectivity index (χ0v) is 29.7. The summed E-state index contributed by atoms with van der Waals surface area (Å²) in [5.74, 6) is 1.70. The summed E-state index contributed by atoms with van der Waals surface area (Å²) in [5, 5.41) is 0. The first-order valence-electron chi connectivity index (χ1n) is 18.2. The highest BCUT2D eigenvalue weighted by Gasteiger charge is 2.46. The molecule has 10 rings (SSSR count). The highest BCUT2D eigenvalue weighted by atomic mass is 15.0. The monoisotopic (exact) mass is 704 g/mol. The van der Waals surface area contributed by atoms with E-state index in [1.165, 1.54) is 38.9 Å². The third-order valence-electron chi connectivity index (χ3n) is 10.5. The third-order valence-corrected chi connectivity index (χ3v) is 10.5. The van der Waals surface area contributed by atoms with Crippen LogP contribution in [0.15, 0.2) is 195 Å². The lowest BCUT2D eigenvalue weighted by Gasteiger charge is -2.33. The topological polar surface area (TPSA) is 77.3 Å². The molecule has 0 bridgehead atoms. The smallest absolute Gasteiger partial charge is 0.165 e. The van der Waals surface area contributed by atoms with Crippen LogP contribution in [-0.4, -0.2) is 29.9 Å². The fourth-order valence-electron chi connectivity index (χ4n) is 8.08. The van der Waals surface area contributed by atoms with Crippen molar-refractivity contribution in [3.8, 4) is 67.5 Å². The van der Waals surface area contributed by atoms with Crippen LogP contribution >= 0.6 is 0 Å². The minimum atomic E-state index is -0.477. The molecule has 55 heavy (non-hydrogen) atoms. The molecule has 6 heteroatoms. The number of hydrogen-bond donors (Lipinski definition) is 0. The lowest BCUT2D eigenvalue weighted by molar-refractivity contribution is 0.766. The van der Waals surface area contributed by atoms with Crippen LogP contribution in [-0.2, 0) is 5.41 Å². The number of hydrogen-bond acceptors (Lipinski definition) is 6. The first-order chi connectivity index (χ1) is 27.3. The number of pyridine rings is 3. The van der Waals surface area contributed by atoms with Crippen molar-refractivity contribution in [3.63, 3.8) is 0 Å². The molecule has 0 amide bonds. The lowest BCUT2D eigenvalue weighted by atomic mass is 9.68. The molecule has 0 spiro atoms. The minimum absolute atomic E-state index is 0.477. The fraction of sp³-hybridized carbons (Fsp3) is 0.0204. The van der Waals surface area contributed by atoms with Crippen LogP contribution in [0.25, 0.3) is 67.5 Å². The average Bonchev–Trinajstić information content (AvgIpc) is 3.59. The molecular formula is C49H32N6. The lowest BCUT2D eigenvalue weighted by Crippen LogP contribution is -2.28. The molecule has 4 aromatic heterocycles. The molecule has 0 N–H and O–H groups in total. The van der Waals surface area contributed by atoms with Crippen LogP contribution in [0.4, 0.5) is 0 Å². The first kappa shape index (κ1) is 32.2. The quantitative estimate of drug-likeness (QED) is 0.164. The van der Waals surface area contributed by atoms with Crippen LogP contribution in [0.1, 0.15) is 22.3 Å². The van der Waals surface area contributed by atoms with Gasteiger partial charge < -0.3 is 0 Å². The maximum atomic E-state index is 4.91. The van der Waals surface area contributed by atoms with Gasteiger partial charge in [0.1, 0.15) is 0 Å². The normalized spacial score (nSPS) is 14.3. The van der Waals surface area contributed by atoms with Crippen LogP contribution in [0.2, 0.25) is 0 Å². The van der Waals surface area contributed by atoms with Crippen LogP contribution in [0.5, 0.6) is 0 Å². The molecule has 0 saturated carbocycles. The Morgan fingerprint density at radius 1 is 0.327 bits per heavy atom. The Morgan fingerprint density at radius 3 is 1.56 bits per heavy atom. The molecule has 5 aromatic carbocycles. The van der Waals surface area contributed by atoms with Gasteiger partial charge in [0.05, 0.1) is 5.41 Å². The van der Waals surface area contributed by atoms with Gasteiger partial charge in [-0.15, -0.1) is 0 Å². The van der Waals surface area contributed by atoms with Crippen LogP contribution in [0, 0.1) is 0 Å². The minimum Gasteiger partial charge on any atom is -0.265 e. The van der Waals surface area contributed by atoms with Gasteiger partial charge in [-0.3, -0.25) is 15.0 Å². The van der Waals surface area contributed by atoms with Gasteiger partial charge in [-0.25, -0.2) is 15.0 Å². The van der Waals surface area contributed by atoms with E-state index in [2.05, 4.69) is 142 Å². The van der Waals surface area contributed by atoms with E-state index in [-0.39, 0.29) is 0 Å². The molecule has 258 valence electrons. The maximum Gasteiger partial charge on any atom is 0.165 e. The molecule has 4 heterocycles. The Bertz CT molecular complexity index is 2690. The SMILES string of the molecule is c1ccc(C2(c3ccncc3)c3ccccc3-c3c(-c4ccc(-c5cccc(-c6nc(-c7cccnc7)nc(-c7cccnc7)n6)c5)cc4)cccc32)cc1. The summed E-state index contributed by atoms with van der Waals surface area (Å²) in [6.07, 6.45) is 10.8. The number of aromatic nitrogens is 6. The Balaban J connectivity index is 1.06. The molecule has 0 fully saturated rings. The predicted molar refractivity (Wildman–Crippen MR) is 218 cm³/mol. The zero-order chi connectivity index (χ0) is 36.6. The summed E-state index contributed by atoms with van der Waals surface area (Å²) < 4.78 is 0. The summed E-state index contributed by atoms with van der Waals surface area (Å²) in [6, 6.07) is 55.7. The van der Waals surface area contributed by atoms with E-state index in [0.717, 1.165) is 33.4 Å². The van der Waals surface area contributed by atoms with Gasteiger partial charge in [0.15, 0.2) is 17.5 Å². The summed E-state index contributed by atoms with van der Waals surface area (Å²) >= 11 is 0. The van der Waals surface area contributed by atoms with Crippen molar-refractivity contribution in [1.29, 1.82) is 0 Å². The average molecular weight is 705 g/mol. The standard InChI is InChI=1S/C49H32N6/c1-2-14-39(15-3-1)49(40-24-28-50-29-25-40)43-18-5-4-16-42(43)45-41(17-7-19-44(45)49)34-22-20-33(21-23-34)35-10-6-11-36(30-35)46-53-47(37-12-8-26-51-31-37)55-48(54-46)38-13-9-27-52-32-38/h1-32H. The largest absolute Gasteiger partial charge is 0.265 e. The van der Waals surface area contributed by atoms with Crippen LogP contribution in [0.3, 0.4) is 0 Å². The van der Waals surface area contributed by atoms with E-state index in [1.807, 2.05) is 42.7 Å². The first-order valence-corrected chi connectivity index (χ1v) is 18.2. The van der Waals surface area contributed by atoms with E-state index >= 15 is 0 Å². The summed E-state index contributed by atoms with van der Waals surface area (Å²) in [4.78, 5) is 27.6. The van der Waals surface area contributed by atoms with Gasteiger partial charge in [0.25, 0.3) is 0 Å². The van der Waals surface area contributed by atoms with Crippen molar-refractivity contribution >= 4 is 0 Å². The van der Waals surface area contributed by atoms with Gasteiger partial charge in [0.2, 0.25) is 0 Å². The van der Waals surface area contributed by atoms with E-state index in [0.29, 0.717) is 17.5 Å². The Labute approximate surface area is 319 Å². The number of fused-ring (bicyclic) bond motifs is 3. The maximum absolute atomic E-state index is 4.91. The molecule has 1 atom stereocenters. The number of rotatable bonds is 7. The predicted octanol–water partition coefficient (Wildman–Crippen LogP) is 10.8. The molecule has 9 aromatic rings. The van der Waals surface area contributed by atoms with Crippen molar-refractivity contribution in [2.24, 2.45) is 0 Å². The van der Waals surface area contributed by atoms with E-state index in [4.69, 9.17) is 15.0 Å². The fourth-order valence-corrected chi connectivity index (χ4v) is 8.08. The van der Waals surface area contributed by atoms with Crippen molar-refractivity contribution in [3.05, 3.63) is 217 Å². The summed E-state index contributed by atoms with van der Waals surface area (Å²) in [7, 11) is 0. The zero-order valence-electron chi connectivity index (χ0n) is 29.7. The van der Waals surface area contributed by atoms with Crippen molar-refractivity contribution in [2.45, 2.75) is 5.41 Å². The molecule has 0 radical (unpaired) electrons. The van der Waals surface area contributed by atoms with Crippen LogP contribution < -0.4 is 0 Å².